The van der Waals surface area contributed by atoms with Gasteiger partial charge in [0.15, 0.2) is 1.41 Å². The Kier molecular flexibility index (Phi) is 14.8. The zero-order valence-corrected chi connectivity index (χ0v) is 33.7. The van der Waals surface area contributed by atoms with Crippen molar-refractivity contribution in [3.8, 4) is 0 Å². The van der Waals surface area contributed by atoms with E-state index in [1.807, 2.05) is 62.4 Å². The molecule has 1 fully saturated rings. The highest BCUT2D eigenvalue weighted by molar-refractivity contribution is 5.92. The summed E-state index contributed by atoms with van der Waals surface area (Å²) in [6.45, 7) is 6.34. The molecule has 2 aromatic heterocycles. The average molecular weight is 806 g/mol. The maximum atomic E-state index is 14.3. The standard InChI is InChI=1S/C45H56N8O6/c1-30(2)21-38(41(54)24-42(55)49-34-17-19-53(20-18-34)27-31-11-5-3-6-12-31)50-44(57)40(23-35-26-46-29-48-35)51-43(56)39(22-33-25-47-37-16-10-9-15-36(33)37)52-45(58)59-28-32-13-7-4-8-14-32/h3-16,25-26,29-30,34,38-41,47,54H,17-24,27-28H2,1-2H3,(H,46,48)(H,49,55)(H,50,57)(H,51,56)(H,52,58)/t38-,39-,40-,41-/m0/s1/i/hD. The van der Waals surface area contributed by atoms with Crippen molar-refractivity contribution in [3.63, 3.8) is 0 Å². The van der Waals surface area contributed by atoms with Gasteiger partial charge in [0.1, 0.15) is 18.7 Å². The second kappa shape index (κ2) is 21.1. The lowest BCUT2D eigenvalue weighted by Crippen LogP contribution is -2.57. The number of alkyl carbamates (subject to hydrolysis) is 1. The number of aromatic nitrogens is 3. The van der Waals surface area contributed by atoms with Crippen LogP contribution in [0.5, 0.6) is 0 Å². The minimum absolute atomic E-state index is 0.0121. The third-order valence-corrected chi connectivity index (χ3v) is 10.6. The van der Waals surface area contributed by atoms with Crippen molar-refractivity contribution in [2.75, 3.05) is 13.1 Å². The number of carbonyl (C=O) groups is 4. The number of ether oxygens (including phenoxy) is 1. The number of H-pyrrole nitrogens is 2. The molecule has 6 rings (SSSR count). The molecule has 5 aromatic rings. The predicted octanol–water partition coefficient (Wildman–Crippen LogP) is 4.52. The summed E-state index contributed by atoms with van der Waals surface area (Å²) in [5, 5.41) is 21.6. The van der Waals surface area contributed by atoms with E-state index in [0.717, 1.165) is 43.4 Å². The topological polar surface area (TPSA) is 194 Å². The number of likely N-dealkylation sites (tertiary alicyclic amines) is 1. The molecule has 3 heterocycles. The summed E-state index contributed by atoms with van der Waals surface area (Å²) >= 11 is 0. The number of piperidine rings is 1. The van der Waals surface area contributed by atoms with E-state index in [0.29, 0.717) is 28.6 Å². The Morgan fingerprint density at radius 2 is 1.56 bits per heavy atom. The maximum Gasteiger partial charge on any atom is 0.408 e. The van der Waals surface area contributed by atoms with E-state index in [1.165, 1.54) is 18.1 Å². The van der Waals surface area contributed by atoms with Gasteiger partial charge in [-0.3, -0.25) is 19.3 Å². The SMILES string of the molecule is [2H]N(C(=O)OCc1ccccc1)[C@@H](Cc1c[nH]c2ccccc12)C(=O)N[C@@H](Cc1cnc[nH]1)C(=O)N[C@@H](CC(C)C)[C@@H](O)CC(=O)NC1CCN(Cc2ccccc2)CC1. The van der Waals surface area contributed by atoms with Gasteiger partial charge in [-0.25, -0.2) is 9.78 Å². The number of imidazole rings is 1. The van der Waals surface area contributed by atoms with Gasteiger partial charge in [-0.05, 0) is 47.9 Å². The quantitative estimate of drug-likeness (QED) is 0.0634. The molecular weight excluding hydrogens is 749 g/mol. The molecule has 14 nitrogen and oxygen atoms in total. The first-order valence-electron chi connectivity index (χ1n) is 20.8. The highest BCUT2D eigenvalue weighted by Gasteiger charge is 2.32. The lowest BCUT2D eigenvalue weighted by atomic mass is 9.96. The maximum absolute atomic E-state index is 14.3. The second-order valence-corrected chi connectivity index (χ2v) is 15.7. The summed E-state index contributed by atoms with van der Waals surface area (Å²) < 4.78 is 14.3. The number of para-hydroxylation sites is 1. The lowest BCUT2D eigenvalue weighted by Gasteiger charge is -2.33. The fourth-order valence-corrected chi connectivity index (χ4v) is 7.48. The van der Waals surface area contributed by atoms with E-state index in [1.54, 1.807) is 30.5 Å². The molecule has 59 heavy (non-hydrogen) atoms. The van der Waals surface area contributed by atoms with Crippen molar-refractivity contribution in [3.05, 3.63) is 126 Å². The van der Waals surface area contributed by atoms with Crippen LogP contribution < -0.4 is 21.3 Å². The number of fused-ring (bicyclic) bond motifs is 1. The summed E-state index contributed by atoms with van der Waals surface area (Å²) in [4.78, 5) is 67.7. The molecule has 1 saturated heterocycles. The number of benzene rings is 3. The number of carbonyl (C=O) groups excluding carboxylic acids is 4. The Balaban J connectivity index is 1.13. The number of hydrogen-bond acceptors (Lipinski definition) is 8. The fourth-order valence-electron chi connectivity index (χ4n) is 7.48. The van der Waals surface area contributed by atoms with Gasteiger partial charge in [-0.2, -0.15) is 0 Å². The molecule has 0 spiro atoms. The normalized spacial score (nSPS) is 15.8. The Bertz CT molecular complexity index is 2120. The van der Waals surface area contributed by atoms with Crippen molar-refractivity contribution in [2.24, 2.45) is 5.92 Å². The molecule has 0 aliphatic carbocycles. The Hall–Kier alpha value is -5.99. The first kappa shape index (κ1) is 41.2. The second-order valence-electron chi connectivity index (χ2n) is 15.7. The van der Waals surface area contributed by atoms with Crippen molar-refractivity contribution >= 4 is 34.7 Å². The van der Waals surface area contributed by atoms with Crippen molar-refractivity contribution < 1.29 is 30.4 Å². The van der Waals surface area contributed by atoms with E-state index in [-0.39, 0.29) is 43.7 Å². The Morgan fingerprint density at radius 1 is 0.881 bits per heavy atom. The van der Waals surface area contributed by atoms with Crippen molar-refractivity contribution in [1.82, 2.24) is 41.1 Å². The number of aromatic amines is 2. The first-order valence-corrected chi connectivity index (χ1v) is 20.4. The van der Waals surface area contributed by atoms with E-state index < -0.39 is 42.1 Å². The number of rotatable bonds is 19. The highest BCUT2D eigenvalue weighted by Crippen LogP contribution is 2.20. The van der Waals surface area contributed by atoms with Crippen LogP contribution in [0.4, 0.5) is 4.79 Å². The van der Waals surface area contributed by atoms with Crippen LogP contribution >= 0.6 is 0 Å². The molecule has 4 amide bonds. The van der Waals surface area contributed by atoms with E-state index in [4.69, 9.17) is 6.15 Å². The van der Waals surface area contributed by atoms with Gasteiger partial charge in [-0.15, -0.1) is 0 Å². The molecule has 4 atom stereocenters. The number of nitrogens with one attached hydrogen (secondary N) is 6. The summed E-state index contributed by atoms with van der Waals surface area (Å²) in [5.41, 5.74) is 4.01. The zero-order valence-electron chi connectivity index (χ0n) is 34.7. The highest BCUT2D eigenvalue weighted by atomic mass is 16.5. The molecule has 0 saturated carbocycles. The summed E-state index contributed by atoms with van der Waals surface area (Å²) in [6.07, 6.45) is 4.11. The van der Waals surface area contributed by atoms with Crippen molar-refractivity contribution in [1.29, 1.82) is 0 Å². The van der Waals surface area contributed by atoms with Gasteiger partial charge >= 0.3 is 6.09 Å². The third-order valence-electron chi connectivity index (χ3n) is 10.6. The number of aliphatic hydroxyl groups excluding tert-OH is 1. The molecule has 0 unspecified atom stereocenters. The van der Waals surface area contributed by atoms with Gasteiger partial charge in [0.05, 0.1) is 24.9 Å². The van der Waals surface area contributed by atoms with Crippen LogP contribution in [0.15, 0.2) is 104 Å². The van der Waals surface area contributed by atoms with Gasteiger partial charge in [-0.1, -0.05) is 92.7 Å². The Labute approximate surface area is 346 Å². The van der Waals surface area contributed by atoms with Crippen molar-refractivity contribution in [2.45, 2.75) is 95.8 Å². The Morgan fingerprint density at radius 3 is 2.25 bits per heavy atom. The van der Waals surface area contributed by atoms with E-state index >= 15 is 0 Å². The predicted molar refractivity (Wildman–Crippen MR) is 225 cm³/mol. The van der Waals surface area contributed by atoms with E-state index in [9.17, 15) is 24.3 Å². The van der Waals surface area contributed by atoms with Crippen LogP contribution in [0, 0.1) is 5.92 Å². The van der Waals surface area contributed by atoms with Crippen LogP contribution in [0.25, 0.3) is 10.9 Å². The summed E-state index contributed by atoms with van der Waals surface area (Å²) in [5.74, 6) is -1.63. The smallest absolute Gasteiger partial charge is 0.408 e. The molecule has 3 aromatic carbocycles. The number of amides is 4. The van der Waals surface area contributed by atoms with Gasteiger partial charge in [0.2, 0.25) is 17.7 Å². The largest absolute Gasteiger partial charge is 0.445 e. The third kappa shape index (κ3) is 13.0. The fraction of sp³-hybridized carbons (Fsp3) is 0.400. The molecule has 14 heteroatoms. The van der Waals surface area contributed by atoms with Crippen LogP contribution in [-0.2, 0) is 45.1 Å². The lowest BCUT2D eigenvalue weighted by molar-refractivity contribution is -0.131. The van der Waals surface area contributed by atoms with E-state index in [2.05, 4.69) is 47.9 Å². The molecule has 0 bridgehead atoms. The van der Waals surface area contributed by atoms with Crippen LogP contribution in [0.3, 0.4) is 0 Å². The number of hydrogen-bond donors (Lipinski definition) is 7. The molecule has 7 N–H and O–H groups in total. The van der Waals surface area contributed by atoms with Gasteiger partial charge in [0.25, 0.3) is 0 Å². The molecule has 1 aliphatic heterocycles. The number of aliphatic hydroxyl groups is 1. The molecule has 1 aliphatic rings. The molecule has 0 radical (unpaired) electrons. The zero-order chi connectivity index (χ0) is 42.4. The van der Waals surface area contributed by atoms with Gasteiger partial charge in [0, 0.05) is 67.5 Å². The average Bonchev–Trinajstić information content (AvgIpc) is 3.92. The molecular formula is C45H56N8O6. The minimum atomic E-state index is -1.41. The van der Waals surface area contributed by atoms with Crippen LogP contribution in [0.2, 0.25) is 1.41 Å². The minimum Gasteiger partial charge on any atom is -0.445 e. The summed E-state index contributed by atoms with van der Waals surface area (Å²) in [7, 11) is 0. The number of nitrogens with zero attached hydrogens (tertiary/aromatic N) is 2. The molecule has 312 valence electrons. The monoisotopic (exact) mass is 805 g/mol. The summed E-state index contributed by atoms with van der Waals surface area (Å²) in [6, 6.07) is 23.3. The first-order chi connectivity index (χ1) is 29.0. The van der Waals surface area contributed by atoms with Gasteiger partial charge < -0.3 is 41.1 Å². The van der Waals surface area contributed by atoms with Crippen LogP contribution in [0.1, 0.15) is 61.9 Å². The van der Waals surface area contributed by atoms with Crippen LogP contribution in [-0.4, -0.2) is 92.1 Å².